The quantitative estimate of drug-likeness (QED) is 0.560. The van der Waals surface area contributed by atoms with Crippen molar-refractivity contribution in [1.29, 1.82) is 0 Å². The fourth-order valence-corrected chi connectivity index (χ4v) is 1.01. The van der Waals surface area contributed by atoms with Crippen molar-refractivity contribution in [3.8, 4) is 0 Å². The molecule has 0 fully saturated rings. The van der Waals surface area contributed by atoms with Crippen LogP contribution in [0.2, 0.25) is 0 Å². The van der Waals surface area contributed by atoms with E-state index in [9.17, 15) is 0 Å². The normalized spacial score (nSPS) is 34.9. The summed E-state index contributed by atoms with van der Waals surface area (Å²) in [5, 5.41) is 3.37. The Morgan fingerprint density at radius 1 is 1.78 bits per heavy atom. The largest absolute Gasteiger partial charge is 0.293 e. The van der Waals surface area contributed by atoms with Crippen molar-refractivity contribution in [1.82, 2.24) is 5.32 Å². The molecule has 0 spiro atoms. The van der Waals surface area contributed by atoms with E-state index in [4.69, 9.17) is 0 Å². The number of rotatable bonds is 1. The maximum absolute atomic E-state index is 4.26. The van der Waals surface area contributed by atoms with Gasteiger partial charge in [-0.2, -0.15) is 0 Å². The molecule has 52 valence electrons. The summed E-state index contributed by atoms with van der Waals surface area (Å²) in [6, 6.07) is 0.618. The Kier molecular flexibility index (Phi) is 2.22. The average molecular weight is 126 g/mol. The lowest BCUT2D eigenvalue weighted by Gasteiger charge is -2.21. The molecule has 0 bridgehead atoms. The van der Waals surface area contributed by atoms with E-state index in [0.717, 1.165) is 12.8 Å². The SMILES string of the molecule is CCC1N=CCC(C)N1. The van der Waals surface area contributed by atoms with Crippen molar-refractivity contribution in [3.63, 3.8) is 0 Å². The van der Waals surface area contributed by atoms with Crippen LogP contribution in [0.25, 0.3) is 0 Å². The molecule has 0 aromatic rings. The van der Waals surface area contributed by atoms with E-state index in [-0.39, 0.29) is 0 Å². The molecule has 0 amide bonds. The van der Waals surface area contributed by atoms with Crippen LogP contribution in [-0.2, 0) is 0 Å². The van der Waals surface area contributed by atoms with Gasteiger partial charge in [-0.1, -0.05) is 6.92 Å². The van der Waals surface area contributed by atoms with Gasteiger partial charge in [0.05, 0.1) is 6.17 Å². The molecule has 0 aromatic carbocycles. The zero-order valence-electron chi connectivity index (χ0n) is 6.09. The van der Waals surface area contributed by atoms with Gasteiger partial charge in [0.15, 0.2) is 0 Å². The maximum atomic E-state index is 4.26. The molecule has 0 radical (unpaired) electrons. The summed E-state index contributed by atoms with van der Waals surface area (Å²) < 4.78 is 0. The van der Waals surface area contributed by atoms with Gasteiger partial charge < -0.3 is 0 Å². The first kappa shape index (κ1) is 6.75. The molecule has 2 nitrogen and oxygen atoms in total. The lowest BCUT2D eigenvalue weighted by molar-refractivity contribution is 0.436. The van der Waals surface area contributed by atoms with Crippen molar-refractivity contribution in [2.45, 2.75) is 38.9 Å². The van der Waals surface area contributed by atoms with Gasteiger partial charge in [-0.15, -0.1) is 0 Å². The van der Waals surface area contributed by atoms with Crippen molar-refractivity contribution in [3.05, 3.63) is 0 Å². The summed E-state index contributed by atoms with van der Waals surface area (Å²) in [6.45, 7) is 4.33. The summed E-state index contributed by atoms with van der Waals surface area (Å²) in [7, 11) is 0. The second-order valence-corrected chi connectivity index (χ2v) is 2.56. The molecule has 1 heterocycles. The van der Waals surface area contributed by atoms with Gasteiger partial charge in [-0.05, 0) is 19.8 Å². The molecule has 1 aliphatic rings. The van der Waals surface area contributed by atoms with Gasteiger partial charge in [-0.25, -0.2) is 0 Å². The molecule has 1 N–H and O–H groups in total. The van der Waals surface area contributed by atoms with Gasteiger partial charge in [0.2, 0.25) is 0 Å². The van der Waals surface area contributed by atoms with Gasteiger partial charge in [0, 0.05) is 12.3 Å². The zero-order chi connectivity index (χ0) is 6.69. The Hall–Kier alpha value is -0.370. The van der Waals surface area contributed by atoms with E-state index in [1.165, 1.54) is 0 Å². The van der Waals surface area contributed by atoms with Crippen molar-refractivity contribution in [2.24, 2.45) is 4.99 Å². The fraction of sp³-hybridized carbons (Fsp3) is 0.857. The Labute approximate surface area is 56.4 Å². The third kappa shape index (κ3) is 1.79. The van der Waals surface area contributed by atoms with Gasteiger partial charge >= 0.3 is 0 Å². The Morgan fingerprint density at radius 3 is 3.00 bits per heavy atom. The van der Waals surface area contributed by atoms with E-state index in [1.807, 2.05) is 6.21 Å². The first-order valence-electron chi connectivity index (χ1n) is 3.60. The first-order chi connectivity index (χ1) is 4.33. The molecule has 2 unspecified atom stereocenters. The minimum absolute atomic E-state index is 0.383. The number of nitrogens with zero attached hydrogens (tertiary/aromatic N) is 1. The van der Waals surface area contributed by atoms with Crippen molar-refractivity contribution in [2.75, 3.05) is 0 Å². The third-order valence-corrected chi connectivity index (χ3v) is 1.61. The van der Waals surface area contributed by atoms with Crippen LogP contribution in [0.15, 0.2) is 4.99 Å². The number of aliphatic imine (C=N–C) groups is 1. The standard InChI is InChI=1S/C7H14N2/c1-3-7-8-5-4-6(2)9-7/h5-7,9H,3-4H2,1-2H3. The highest BCUT2D eigenvalue weighted by molar-refractivity contribution is 5.59. The summed E-state index contributed by atoms with van der Waals surface area (Å²) in [5.41, 5.74) is 0. The monoisotopic (exact) mass is 126 g/mol. The highest BCUT2D eigenvalue weighted by Crippen LogP contribution is 2.01. The van der Waals surface area contributed by atoms with Crippen molar-refractivity contribution >= 4 is 6.21 Å². The maximum Gasteiger partial charge on any atom is 0.0989 e. The molecule has 0 aromatic heterocycles. The number of hydrogen-bond acceptors (Lipinski definition) is 2. The van der Waals surface area contributed by atoms with E-state index in [1.54, 1.807) is 0 Å². The minimum Gasteiger partial charge on any atom is -0.293 e. The molecular formula is C7H14N2. The van der Waals surface area contributed by atoms with Gasteiger partial charge in [0.1, 0.15) is 0 Å². The summed E-state index contributed by atoms with van der Waals surface area (Å²) in [5.74, 6) is 0. The second kappa shape index (κ2) is 2.97. The van der Waals surface area contributed by atoms with E-state index in [2.05, 4.69) is 24.2 Å². The number of nitrogens with one attached hydrogen (secondary N) is 1. The van der Waals surface area contributed by atoms with E-state index in [0.29, 0.717) is 12.2 Å². The van der Waals surface area contributed by atoms with Crippen LogP contribution in [0, 0.1) is 0 Å². The Morgan fingerprint density at radius 2 is 2.56 bits per heavy atom. The zero-order valence-corrected chi connectivity index (χ0v) is 6.09. The molecule has 1 aliphatic heterocycles. The highest BCUT2D eigenvalue weighted by Gasteiger charge is 2.10. The predicted octanol–water partition coefficient (Wildman–Crippen LogP) is 1.18. The van der Waals surface area contributed by atoms with Crippen LogP contribution in [0.4, 0.5) is 0 Å². The summed E-state index contributed by atoms with van der Waals surface area (Å²) in [4.78, 5) is 4.26. The third-order valence-electron chi connectivity index (χ3n) is 1.61. The van der Waals surface area contributed by atoms with E-state index < -0.39 is 0 Å². The average Bonchev–Trinajstić information content (AvgIpc) is 1.88. The minimum atomic E-state index is 0.383. The van der Waals surface area contributed by atoms with Crippen LogP contribution in [0.5, 0.6) is 0 Å². The lowest BCUT2D eigenvalue weighted by Crippen LogP contribution is -2.38. The van der Waals surface area contributed by atoms with Crippen LogP contribution in [0.3, 0.4) is 0 Å². The molecule has 1 rings (SSSR count). The molecule has 0 saturated heterocycles. The topological polar surface area (TPSA) is 24.4 Å². The molecule has 2 atom stereocenters. The molecule has 0 saturated carbocycles. The highest BCUT2D eigenvalue weighted by atomic mass is 15.1. The molecule has 2 heteroatoms. The van der Waals surface area contributed by atoms with Gasteiger partial charge in [0.25, 0.3) is 0 Å². The Balaban J connectivity index is 2.39. The Bertz CT molecular complexity index is 109. The van der Waals surface area contributed by atoms with Crippen LogP contribution >= 0.6 is 0 Å². The first-order valence-corrected chi connectivity index (χ1v) is 3.60. The van der Waals surface area contributed by atoms with Gasteiger partial charge in [-0.3, -0.25) is 10.3 Å². The molecular weight excluding hydrogens is 112 g/mol. The van der Waals surface area contributed by atoms with Crippen LogP contribution in [-0.4, -0.2) is 18.4 Å². The van der Waals surface area contributed by atoms with Crippen LogP contribution in [0.1, 0.15) is 26.7 Å². The second-order valence-electron chi connectivity index (χ2n) is 2.56. The van der Waals surface area contributed by atoms with Crippen molar-refractivity contribution < 1.29 is 0 Å². The summed E-state index contributed by atoms with van der Waals surface area (Å²) >= 11 is 0. The van der Waals surface area contributed by atoms with E-state index >= 15 is 0 Å². The van der Waals surface area contributed by atoms with Crippen LogP contribution < -0.4 is 5.32 Å². The fourth-order valence-electron chi connectivity index (χ4n) is 1.01. The molecule has 0 aliphatic carbocycles. The summed E-state index contributed by atoms with van der Waals surface area (Å²) in [6.07, 6.45) is 4.58. The smallest absolute Gasteiger partial charge is 0.0989 e. The number of hydrogen-bond donors (Lipinski definition) is 1. The lowest BCUT2D eigenvalue weighted by atomic mass is 10.2. The predicted molar refractivity (Wildman–Crippen MR) is 39.8 cm³/mol. The molecule has 9 heavy (non-hydrogen) atoms.